The fraction of sp³-hybridized carbons (Fsp3) is 0.250. The molecule has 0 aliphatic carbocycles. The summed E-state index contributed by atoms with van der Waals surface area (Å²) in [5, 5.41) is 23.6. The summed E-state index contributed by atoms with van der Waals surface area (Å²) in [7, 11) is 0. The second-order valence-corrected chi connectivity index (χ2v) is 9.32. The highest BCUT2D eigenvalue weighted by molar-refractivity contribution is 5.88. The van der Waals surface area contributed by atoms with Crippen molar-refractivity contribution in [2.45, 2.75) is 32.1 Å². The molecule has 0 unspecified atom stereocenters. The SMILES string of the molecule is Cc1nc(C(N)=O)nn1-c1ccc(Cc2ccc(-c3ccc(CN4C[C@@H](O)[C@H](O)C4)cc3)cc2)cc1. The lowest BCUT2D eigenvalue weighted by Crippen LogP contribution is -2.22. The number of aliphatic hydroxyl groups is 2. The molecule has 4 N–H and O–H groups in total. The zero-order valence-corrected chi connectivity index (χ0v) is 20.1. The van der Waals surface area contributed by atoms with E-state index in [4.69, 9.17) is 5.73 Å². The van der Waals surface area contributed by atoms with Crippen LogP contribution < -0.4 is 5.73 Å². The van der Waals surface area contributed by atoms with Crippen molar-refractivity contribution in [2.24, 2.45) is 5.73 Å². The zero-order chi connectivity index (χ0) is 25.2. The fourth-order valence-corrected chi connectivity index (χ4v) is 4.58. The Bertz CT molecular complexity index is 1340. The summed E-state index contributed by atoms with van der Waals surface area (Å²) in [5.41, 5.74) is 11.9. The van der Waals surface area contributed by atoms with Crippen LogP contribution in [0.2, 0.25) is 0 Å². The van der Waals surface area contributed by atoms with Crippen LogP contribution in [0.1, 0.15) is 33.1 Å². The van der Waals surface area contributed by atoms with Gasteiger partial charge in [0.25, 0.3) is 5.91 Å². The zero-order valence-electron chi connectivity index (χ0n) is 20.1. The summed E-state index contributed by atoms with van der Waals surface area (Å²) >= 11 is 0. The van der Waals surface area contributed by atoms with E-state index in [0.717, 1.165) is 35.3 Å². The molecule has 5 rings (SSSR count). The molecular formula is C28H29N5O3. The smallest absolute Gasteiger partial charge is 0.288 e. The number of primary amides is 1. The van der Waals surface area contributed by atoms with Crippen LogP contribution in [0.3, 0.4) is 0 Å². The lowest BCUT2D eigenvalue weighted by molar-refractivity contribution is 0.0572. The Balaban J connectivity index is 1.21. The maximum atomic E-state index is 11.3. The van der Waals surface area contributed by atoms with Gasteiger partial charge in [-0.1, -0.05) is 60.7 Å². The summed E-state index contributed by atoms with van der Waals surface area (Å²) in [5.74, 6) is -0.0252. The number of carbonyl (C=O) groups is 1. The number of nitrogens with zero attached hydrogens (tertiary/aromatic N) is 4. The summed E-state index contributed by atoms with van der Waals surface area (Å²) < 4.78 is 1.61. The minimum atomic E-state index is -0.657. The molecule has 2 atom stereocenters. The van der Waals surface area contributed by atoms with E-state index in [1.165, 1.54) is 11.1 Å². The molecule has 0 saturated carbocycles. The quantitative estimate of drug-likeness (QED) is 0.372. The number of rotatable bonds is 7. The molecule has 1 aliphatic rings. The number of likely N-dealkylation sites (tertiary alicyclic amines) is 1. The van der Waals surface area contributed by atoms with Gasteiger partial charge in [-0.2, -0.15) is 0 Å². The molecule has 2 heterocycles. The third kappa shape index (κ3) is 5.21. The van der Waals surface area contributed by atoms with Crippen molar-refractivity contribution in [3.05, 3.63) is 101 Å². The van der Waals surface area contributed by atoms with Crippen LogP contribution in [0.15, 0.2) is 72.8 Å². The molecule has 3 aromatic carbocycles. The Morgan fingerprint density at radius 3 is 1.86 bits per heavy atom. The fourth-order valence-electron chi connectivity index (χ4n) is 4.58. The van der Waals surface area contributed by atoms with E-state index < -0.39 is 18.1 Å². The summed E-state index contributed by atoms with van der Waals surface area (Å²) in [6.07, 6.45) is -0.513. The molecule has 1 saturated heterocycles. The average Bonchev–Trinajstić information content (AvgIpc) is 3.42. The second kappa shape index (κ2) is 10.0. The van der Waals surface area contributed by atoms with Gasteiger partial charge in [-0.15, -0.1) is 5.10 Å². The van der Waals surface area contributed by atoms with Crippen molar-refractivity contribution in [1.82, 2.24) is 19.7 Å². The third-order valence-electron chi connectivity index (χ3n) is 6.56. The Kier molecular flexibility index (Phi) is 6.65. The van der Waals surface area contributed by atoms with Crippen LogP contribution >= 0.6 is 0 Å². The van der Waals surface area contributed by atoms with Crippen molar-refractivity contribution >= 4 is 5.91 Å². The van der Waals surface area contributed by atoms with Gasteiger partial charge in [-0.25, -0.2) is 9.67 Å². The molecule has 1 fully saturated rings. The van der Waals surface area contributed by atoms with Gasteiger partial charge in [0.15, 0.2) is 0 Å². The molecule has 36 heavy (non-hydrogen) atoms. The van der Waals surface area contributed by atoms with Crippen molar-refractivity contribution in [3.8, 4) is 16.8 Å². The Hall–Kier alpha value is -3.85. The Labute approximate surface area is 209 Å². The maximum Gasteiger partial charge on any atom is 0.288 e. The highest BCUT2D eigenvalue weighted by Crippen LogP contribution is 2.23. The number of aromatic nitrogens is 3. The van der Waals surface area contributed by atoms with Crippen LogP contribution in [0.5, 0.6) is 0 Å². The minimum Gasteiger partial charge on any atom is -0.389 e. The number of nitrogens with two attached hydrogens (primary N) is 1. The molecule has 1 aromatic heterocycles. The van der Waals surface area contributed by atoms with Gasteiger partial charge >= 0.3 is 0 Å². The van der Waals surface area contributed by atoms with Gasteiger partial charge in [-0.05, 0) is 53.3 Å². The Morgan fingerprint density at radius 1 is 0.861 bits per heavy atom. The van der Waals surface area contributed by atoms with E-state index in [1.54, 1.807) is 11.6 Å². The third-order valence-corrected chi connectivity index (χ3v) is 6.56. The van der Waals surface area contributed by atoms with E-state index >= 15 is 0 Å². The molecule has 4 aromatic rings. The second-order valence-electron chi connectivity index (χ2n) is 9.32. The first kappa shape index (κ1) is 23.9. The highest BCUT2D eigenvalue weighted by atomic mass is 16.3. The first-order chi connectivity index (χ1) is 17.4. The van der Waals surface area contributed by atoms with Gasteiger partial charge in [0, 0.05) is 19.6 Å². The van der Waals surface area contributed by atoms with Crippen LogP contribution in [0, 0.1) is 6.92 Å². The molecule has 8 heteroatoms. The number of benzene rings is 3. The van der Waals surface area contributed by atoms with E-state index in [0.29, 0.717) is 18.9 Å². The minimum absolute atomic E-state index is 0.0116. The van der Waals surface area contributed by atoms with E-state index in [2.05, 4.69) is 63.5 Å². The van der Waals surface area contributed by atoms with Gasteiger partial charge in [0.1, 0.15) is 5.82 Å². The topological polar surface area (TPSA) is 118 Å². The van der Waals surface area contributed by atoms with Gasteiger partial charge < -0.3 is 15.9 Å². The number of β-amino-alcohol motifs (C(OH)–C–C–N with tert-alkyl or cyclic N) is 2. The Morgan fingerprint density at radius 2 is 1.36 bits per heavy atom. The van der Waals surface area contributed by atoms with E-state index in [1.807, 2.05) is 24.3 Å². The molecule has 0 bridgehead atoms. The van der Waals surface area contributed by atoms with E-state index in [-0.39, 0.29) is 5.82 Å². The molecule has 0 spiro atoms. The molecule has 0 radical (unpaired) electrons. The summed E-state index contributed by atoms with van der Waals surface area (Å²) in [6.45, 7) is 3.51. The van der Waals surface area contributed by atoms with Gasteiger partial charge in [-0.3, -0.25) is 9.69 Å². The maximum absolute atomic E-state index is 11.3. The van der Waals surface area contributed by atoms with Crippen LogP contribution in [0.4, 0.5) is 0 Å². The molecule has 1 aliphatic heterocycles. The molecular weight excluding hydrogens is 454 g/mol. The van der Waals surface area contributed by atoms with Crippen molar-refractivity contribution < 1.29 is 15.0 Å². The first-order valence-corrected chi connectivity index (χ1v) is 12.0. The van der Waals surface area contributed by atoms with Crippen molar-refractivity contribution in [1.29, 1.82) is 0 Å². The lowest BCUT2D eigenvalue weighted by atomic mass is 9.99. The number of aryl methyl sites for hydroxylation is 1. The number of hydrogen-bond acceptors (Lipinski definition) is 6. The number of carbonyl (C=O) groups excluding carboxylic acids is 1. The number of hydrogen-bond donors (Lipinski definition) is 3. The molecule has 8 nitrogen and oxygen atoms in total. The summed E-state index contributed by atoms with van der Waals surface area (Å²) in [6, 6.07) is 25.0. The number of aliphatic hydroxyl groups excluding tert-OH is 2. The standard InChI is InChI=1S/C28H29N5O3/c1-18-30-28(27(29)36)31-33(18)24-12-6-20(7-13-24)14-19-2-8-22(9-3-19)23-10-4-21(5-11-23)15-32-16-25(34)26(35)17-32/h2-13,25-26,34-35H,14-17H2,1H3,(H2,29,36)/t25-,26-/m1/s1. The first-order valence-electron chi connectivity index (χ1n) is 12.0. The van der Waals surface area contributed by atoms with Gasteiger partial charge in [0.05, 0.1) is 17.9 Å². The largest absolute Gasteiger partial charge is 0.389 e. The van der Waals surface area contributed by atoms with E-state index in [9.17, 15) is 15.0 Å². The predicted octanol–water partition coefficient (Wildman–Crippen LogP) is 2.47. The monoisotopic (exact) mass is 483 g/mol. The van der Waals surface area contributed by atoms with Crippen LogP contribution in [-0.2, 0) is 13.0 Å². The highest BCUT2D eigenvalue weighted by Gasteiger charge is 2.29. The van der Waals surface area contributed by atoms with Crippen molar-refractivity contribution in [2.75, 3.05) is 13.1 Å². The lowest BCUT2D eigenvalue weighted by Gasteiger charge is -2.15. The van der Waals surface area contributed by atoms with Crippen LogP contribution in [0.25, 0.3) is 16.8 Å². The normalized spacial score (nSPS) is 18.0. The van der Waals surface area contributed by atoms with Crippen LogP contribution in [-0.4, -0.2) is 61.1 Å². The predicted molar refractivity (Wildman–Crippen MR) is 137 cm³/mol. The number of amides is 1. The molecule has 184 valence electrons. The van der Waals surface area contributed by atoms with Crippen molar-refractivity contribution in [3.63, 3.8) is 0 Å². The summed E-state index contributed by atoms with van der Waals surface area (Å²) in [4.78, 5) is 17.5. The van der Waals surface area contributed by atoms with Gasteiger partial charge in [0.2, 0.25) is 5.82 Å². The molecule has 1 amide bonds. The average molecular weight is 484 g/mol.